The minimum Gasteiger partial charge on any atom is -0.394 e. The molecule has 0 aromatic heterocycles. The summed E-state index contributed by atoms with van der Waals surface area (Å²) < 4.78 is 0. The van der Waals surface area contributed by atoms with E-state index in [0.717, 1.165) is 0 Å². The molecule has 72 valence electrons. The molecule has 0 aromatic rings. The average Bonchev–Trinajstić information content (AvgIpc) is 2.06. The third-order valence-corrected chi connectivity index (χ3v) is 2.60. The van der Waals surface area contributed by atoms with Crippen molar-refractivity contribution in [3.63, 3.8) is 0 Å². The molecule has 1 rings (SSSR count). The maximum Gasteiger partial charge on any atom is 0.0607 e. The van der Waals surface area contributed by atoms with Crippen LogP contribution in [0.25, 0.3) is 0 Å². The van der Waals surface area contributed by atoms with E-state index in [4.69, 9.17) is 5.11 Å². The number of aliphatic hydroxyl groups is 1. The van der Waals surface area contributed by atoms with Crippen LogP contribution < -0.4 is 5.32 Å². The average molecular weight is 171 g/mol. The highest BCUT2D eigenvalue weighted by molar-refractivity contribution is 4.83. The molecule has 1 fully saturated rings. The number of rotatable bonds is 3. The highest BCUT2D eigenvalue weighted by atomic mass is 16.3. The van der Waals surface area contributed by atoms with Gasteiger partial charge in [-0.2, -0.15) is 0 Å². The molecule has 2 nitrogen and oxygen atoms in total. The minimum atomic E-state index is -0.0952. The Morgan fingerprint density at radius 2 is 1.83 bits per heavy atom. The number of hydrogen-bond donors (Lipinski definition) is 2. The third kappa shape index (κ3) is 3.11. The largest absolute Gasteiger partial charge is 0.394 e. The number of hydrogen-bond acceptors (Lipinski definition) is 2. The van der Waals surface area contributed by atoms with E-state index in [9.17, 15) is 0 Å². The molecule has 1 aliphatic rings. The summed E-state index contributed by atoms with van der Waals surface area (Å²) in [4.78, 5) is 0. The van der Waals surface area contributed by atoms with Gasteiger partial charge in [0.2, 0.25) is 0 Å². The Morgan fingerprint density at radius 1 is 1.25 bits per heavy atom. The van der Waals surface area contributed by atoms with E-state index in [1.54, 1.807) is 0 Å². The van der Waals surface area contributed by atoms with Gasteiger partial charge in [-0.05, 0) is 26.7 Å². The Bertz CT molecular complexity index is 128. The van der Waals surface area contributed by atoms with Crippen LogP contribution in [0.1, 0.15) is 46.0 Å². The van der Waals surface area contributed by atoms with Gasteiger partial charge in [-0.25, -0.2) is 0 Å². The van der Waals surface area contributed by atoms with E-state index in [1.165, 1.54) is 32.1 Å². The minimum absolute atomic E-state index is 0.0952. The summed E-state index contributed by atoms with van der Waals surface area (Å²) in [5, 5.41) is 12.6. The van der Waals surface area contributed by atoms with Gasteiger partial charge in [0.1, 0.15) is 0 Å². The van der Waals surface area contributed by atoms with Crippen molar-refractivity contribution in [1.29, 1.82) is 0 Å². The molecule has 0 bridgehead atoms. The van der Waals surface area contributed by atoms with Gasteiger partial charge in [0, 0.05) is 11.6 Å². The molecule has 0 heterocycles. The van der Waals surface area contributed by atoms with Crippen LogP contribution in [0, 0.1) is 0 Å². The third-order valence-electron chi connectivity index (χ3n) is 2.60. The maximum absolute atomic E-state index is 9.06. The van der Waals surface area contributed by atoms with Crippen molar-refractivity contribution in [2.75, 3.05) is 6.61 Å². The Hall–Kier alpha value is -0.0800. The Labute approximate surface area is 75.4 Å². The van der Waals surface area contributed by atoms with Crippen molar-refractivity contribution in [3.05, 3.63) is 0 Å². The normalized spacial score (nSPS) is 21.2. The molecule has 0 saturated heterocycles. The molecule has 0 aliphatic heterocycles. The van der Waals surface area contributed by atoms with Crippen molar-refractivity contribution < 1.29 is 5.11 Å². The van der Waals surface area contributed by atoms with E-state index in [-0.39, 0.29) is 12.1 Å². The van der Waals surface area contributed by atoms with Crippen molar-refractivity contribution in [3.8, 4) is 0 Å². The summed E-state index contributed by atoms with van der Waals surface area (Å²) >= 11 is 0. The molecule has 2 heteroatoms. The van der Waals surface area contributed by atoms with Crippen LogP contribution in [0.15, 0.2) is 0 Å². The second-order valence-electron chi connectivity index (χ2n) is 4.52. The fraction of sp³-hybridized carbons (Fsp3) is 1.00. The fourth-order valence-electron chi connectivity index (χ4n) is 1.85. The molecule has 0 spiro atoms. The van der Waals surface area contributed by atoms with E-state index < -0.39 is 0 Å². The van der Waals surface area contributed by atoms with Gasteiger partial charge in [0.15, 0.2) is 0 Å². The maximum atomic E-state index is 9.06. The molecule has 12 heavy (non-hydrogen) atoms. The van der Waals surface area contributed by atoms with E-state index in [1.807, 2.05) is 0 Å². The van der Waals surface area contributed by atoms with Crippen LogP contribution in [0.2, 0.25) is 0 Å². The van der Waals surface area contributed by atoms with Gasteiger partial charge in [0.05, 0.1) is 6.61 Å². The van der Waals surface area contributed by atoms with Gasteiger partial charge in [-0.1, -0.05) is 19.3 Å². The smallest absolute Gasteiger partial charge is 0.0607 e. The first kappa shape index (κ1) is 10.0. The first-order valence-corrected chi connectivity index (χ1v) is 5.02. The van der Waals surface area contributed by atoms with Crippen molar-refractivity contribution in [2.45, 2.75) is 57.5 Å². The second-order valence-corrected chi connectivity index (χ2v) is 4.52. The summed E-state index contributed by atoms with van der Waals surface area (Å²) in [6, 6.07) is 0.640. The van der Waals surface area contributed by atoms with Crippen molar-refractivity contribution >= 4 is 0 Å². The van der Waals surface area contributed by atoms with Crippen LogP contribution in [-0.2, 0) is 0 Å². The van der Waals surface area contributed by atoms with Gasteiger partial charge in [-0.3, -0.25) is 0 Å². The molecule has 1 saturated carbocycles. The first-order chi connectivity index (χ1) is 5.64. The van der Waals surface area contributed by atoms with Gasteiger partial charge < -0.3 is 10.4 Å². The zero-order chi connectivity index (χ0) is 9.03. The lowest BCUT2D eigenvalue weighted by Crippen LogP contribution is -2.49. The van der Waals surface area contributed by atoms with Gasteiger partial charge in [0.25, 0.3) is 0 Å². The highest BCUT2D eigenvalue weighted by Crippen LogP contribution is 2.19. The lowest BCUT2D eigenvalue weighted by molar-refractivity contribution is 0.164. The molecule has 2 N–H and O–H groups in total. The SMILES string of the molecule is CC(C)(CO)NC1CCCCC1. The molecular weight excluding hydrogens is 150 g/mol. The van der Waals surface area contributed by atoms with Gasteiger partial charge >= 0.3 is 0 Å². The molecule has 0 unspecified atom stereocenters. The lowest BCUT2D eigenvalue weighted by atomic mass is 9.93. The Balaban J connectivity index is 2.28. The molecule has 1 aliphatic carbocycles. The molecule has 0 atom stereocenters. The molecular formula is C10H21NO. The summed E-state index contributed by atoms with van der Waals surface area (Å²) in [7, 11) is 0. The quantitative estimate of drug-likeness (QED) is 0.677. The van der Waals surface area contributed by atoms with Crippen LogP contribution in [0.4, 0.5) is 0 Å². The second kappa shape index (κ2) is 4.24. The first-order valence-electron chi connectivity index (χ1n) is 5.02. The molecule has 0 radical (unpaired) electrons. The van der Waals surface area contributed by atoms with Crippen molar-refractivity contribution in [1.82, 2.24) is 5.32 Å². The fourth-order valence-corrected chi connectivity index (χ4v) is 1.85. The zero-order valence-electron chi connectivity index (χ0n) is 8.27. The summed E-state index contributed by atoms with van der Waals surface area (Å²) in [5.74, 6) is 0. The predicted molar refractivity (Wildman–Crippen MR) is 51.2 cm³/mol. The van der Waals surface area contributed by atoms with Gasteiger partial charge in [-0.15, -0.1) is 0 Å². The lowest BCUT2D eigenvalue weighted by Gasteiger charge is -2.32. The Morgan fingerprint density at radius 3 is 2.33 bits per heavy atom. The van der Waals surface area contributed by atoms with Crippen LogP contribution in [-0.4, -0.2) is 23.3 Å². The topological polar surface area (TPSA) is 32.3 Å². The standard InChI is InChI=1S/C10H21NO/c1-10(2,8-12)11-9-6-4-3-5-7-9/h9,11-12H,3-8H2,1-2H3. The zero-order valence-corrected chi connectivity index (χ0v) is 8.27. The van der Waals surface area contributed by atoms with Crippen molar-refractivity contribution in [2.24, 2.45) is 0 Å². The summed E-state index contributed by atoms with van der Waals surface area (Å²) in [5.41, 5.74) is -0.0952. The highest BCUT2D eigenvalue weighted by Gasteiger charge is 2.22. The van der Waals surface area contributed by atoms with E-state index >= 15 is 0 Å². The van der Waals surface area contributed by atoms with Crippen LogP contribution in [0.3, 0.4) is 0 Å². The number of aliphatic hydroxyl groups excluding tert-OH is 1. The predicted octanol–water partition coefficient (Wildman–Crippen LogP) is 1.68. The van der Waals surface area contributed by atoms with Crippen LogP contribution in [0.5, 0.6) is 0 Å². The van der Waals surface area contributed by atoms with Crippen LogP contribution >= 0.6 is 0 Å². The van der Waals surface area contributed by atoms with E-state index in [2.05, 4.69) is 19.2 Å². The molecule has 0 amide bonds. The Kier molecular flexibility index (Phi) is 3.53. The van der Waals surface area contributed by atoms with E-state index in [0.29, 0.717) is 6.04 Å². The molecule has 0 aromatic carbocycles. The summed E-state index contributed by atoms with van der Waals surface area (Å²) in [6.07, 6.45) is 6.64. The summed E-state index contributed by atoms with van der Waals surface area (Å²) in [6.45, 7) is 4.34. The number of nitrogens with one attached hydrogen (secondary N) is 1. The monoisotopic (exact) mass is 171 g/mol.